The van der Waals surface area contributed by atoms with Crippen LogP contribution >= 0.6 is 0 Å². The van der Waals surface area contributed by atoms with Crippen LogP contribution in [0.15, 0.2) is 5.16 Å². The summed E-state index contributed by atoms with van der Waals surface area (Å²) in [6, 6.07) is 0. The van der Waals surface area contributed by atoms with Crippen LogP contribution in [0, 0.1) is 29.6 Å². The average Bonchev–Trinajstić information content (AvgIpc) is 2.73. The second-order valence-electron chi connectivity index (χ2n) is 6.36. The van der Waals surface area contributed by atoms with Gasteiger partial charge in [-0.25, -0.2) is 4.79 Å². The van der Waals surface area contributed by atoms with E-state index >= 15 is 0 Å². The molecule has 3 N–H and O–H groups in total. The minimum Gasteiger partial charge on any atom is -0.479 e. The number of rotatable bonds is 7. The van der Waals surface area contributed by atoms with Gasteiger partial charge >= 0.3 is 5.97 Å². The Hall–Kier alpha value is -1.58. The van der Waals surface area contributed by atoms with E-state index in [9.17, 15) is 15.0 Å². The molecule has 0 saturated heterocycles. The number of carbonyl (C=O) groups is 1. The molecule has 0 aromatic heterocycles. The highest BCUT2D eigenvalue weighted by atomic mass is 16.6. The van der Waals surface area contributed by atoms with Crippen LogP contribution in [0.4, 0.5) is 0 Å². The van der Waals surface area contributed by atoms with E-state index in [-0.39, 0.29) is 17.8 Å². The van der Waals surface area contributed by atoms with Crippen LogP contribution < -0.4 is 0 Å². The van der Waals surface area contributed by atoms with Gasteiger partial charge in [0.1, 0.15) is 6.10 Å². The van der Waals surface area contributed by atoms with Gasteiger partial charge in [-0.15, -0.1) is 0 Å². The average molecular weight is 323 g/mol. The molecule has 0 heterocycles. The van der Waals surface area contributed by atoms with Crippen LogP contribution in [0.2, 0.25) is 0 Å². The molecule has 6 nitrogen and oxygen atoms in total. The lowest BCUT2D eigenvalue weighted by Crippen LogP contribution is -2.38. The molecular weight excluding hydrogens is 298 g/mol. The zero-order valence-corrected chi connectivity index (χ0v) is 13.4. The van der Waals surface area contributed by atoms with Gasteiger partial charge < -0.3 is 20.2 Å². The molecule has 0 aliphatic heterocycles. The Balaban J connectivity index is 1.82. The first kappa shape index (κ1) is 17.8. The lowest BCUT2D eigenvalue weighted by molar-refractivity contribution is -0.142. The highest BCUT2D eigenvalue weighted by Gasteiger charge is 2.51. The van der Waals surface area contributed by atoms with Crippen LogP contribution in [0.1, 0.15) is 45.4 Å². The monoisotopic (exact) mass is 323 g/mol. The van der Waals surface area contributed by atoms with Crippen LogP contribution in [0.25, 0.3) is 0 Å². The number of aliphatic hydroxyl groups is 2. The molecule has 23 heavy (non-hydrogen) atoms. The number of carboxylic acid groups (broad SMARTS) is 1. The Kier molecular flexibility index (Phi) is 6.43. The van der Waals surface area contributed by atoms with Gasteiger partial charge in [0.05, 0.1) is 11.8 Å². The van der Waals surface area contributed by atoms with Gasteiger partial charge in [-0.1, -0.05) is 36.8 Å². The summed E-state index contributed by atoms with van der Waals surface area (Å²) in [5, 5.41) is 32.5. The van der Waals surface area contributed by atoms with Gasteiger partial charge in [0.25, 0.3) is 0 Å². The Morgan fingerprint density at radius 2 is 2.26 bits per heavy atom. The summed E-state index contributed by atoms with van der Waals surface area (Å²) < 4.78 is 0. The van der Waals surface area contributed by atoms with E-state index < -0.39 is 24.8 Å². The highest BCUT2D eigenvalue weighted by molar-refractivity contribution is 5.93. The van der Waals surface area contributed by atoms with Gasteiger partial charge in [0, 0.05) is 11.8 Å². The van der Waals surface area contributed by atoms with Crippen LogP contribution in [0.3, 0.4) is 0 Å². The third kappa shape index (κ3) is 4.69. The van der Waals surface area contributed by atoms with Gasteiger partial charge in [-0.05, 0) is 31.6 Å². The molecule has 2 saturated carbocycles. The quantitative estimate of drug-likeness (QED) is 0.374. The van der Waals surface area contributed by atoms with Crippen LogP contribution in [-0.2, 0) is 9.63 Å². The summed E-state index contributed by atoms with van der Waals surface area (Å²) in [5.41, 5.74) is 0.808. The maximum Gasteiger partial charge on any atom is 0.344 e. The number of hydrogen-bond donors (Lipinski definition) is 3. The van der Waals surface area contributed by atoms with Gasteiger partial charge in [-0.3, -0.25) is 0 Å². The molecule has 0 radical (unpaired) electrons. The van der Waals surface area contributed by atoms with Crippen LogP contribution in [0.5, 0.6) is 0 Å². The molecular formula is C17H25NO5. The normalized spacial score (nSPS) is 31.7. The molecule has 0 amide bonds. The van der Waals surface area contributed by atoms with Gasteiger partial charge in [0.2, 0.25) is 6.61 Å². The predicted molar refractivity (Wildman–Crippen MR) is 84.7 cm³/mol. The maximum atomic E-state index is 10.4. The Labute approximate surface area is 136 Å². The van der Waals surface area contributed by atoms with Crippen molar-refractivity contribution >= 4 is 11.7 Å². The van der Waals surface area contributed by atoms with E-state index in [1.54, 1.807) is 0 Å². The van der Waals surface area contributed by atoms with E-state index in [0.29, 0.717) is 19.3 Å². The van der Waals surface area contributed by atoms with Crippen molar-refractivity contribution in [2.45, 2.75) is 57.7 Å². The summed E-state index contributed by atoms with van der Waals surface area (Å²) in [7, 11) is 0. The Bertz CT molecular complexity index is 507. The first-order valence-corrected chi connectivity index (χ1v) is 8.30. The minimum atomic E-state index is -1.06. The van der Waals surface area contributed by atoms with E-state index in [0.717, 1.165) is 25.0 Å². The third-order valence-electron chi connectivity index (χ3n) is 4.63. The number of unbranched alkanes of at least 4 members (excludes halogenated alkanes) is 2. The zero-order valence-electron chi connectivity index (χ0n) is 13.4. The van der Waals surface area contributed by atoms with E-state index in [1.807, 2.05) is 0 Å². The number of carboxylic acids is 1. The van der Waals surface area contributed by atoms with E-state index in [2.05, 4.69) is 23.9 Å². The number of nitrogens with zero attached hydrogens (tertiary/aromatic N) is 1. The molecule has 2 rings (SSSR count). The van der Waals surface area contributed by atoms with Gasteiger partial charge in [-0.2, -0.15) is 0 Å². The largest absolute Gasteiger partial charge is 0.479 e. The summed E-state index contributed by atoms with van der Waals surface area (Å²) in [6.45, 7) is 1.67. The van der Waals surface area contributed by atoms with Crippen molar-refractivity contribution in [2.75, 3.05) is 6.61 Å². The molecule has 2 fully saturated rings. The zero-order chi connectivity index (χ0) is 16.8. The lowest BCUT2D eigenvalue weighted by Gasteiger charge is -2.33. The van der Waals surface area contributed by atoms with Crippen LogP contribution in [-0.4, -0.2) is 45.8 Å². The van der Waals surface area contributed by atoms with E-state index in [4.69, 9.17) is 9.94 Å². The van der Waals surface area contributed by atoms with Crippen molar-refractivity contribution in [3.63, 3.8) is 0 Å². The topological polar surface area (TPSA) is 99.4 Å². The second-order valence-corrected chi connectivity index (χ2v) is 6.36. The number of aliphatic hydroxyl groups excluding tert-OH is 2. The number of fused-ring (bicyclic) bond motifs is 1. The first-order chi connectivity index (χ1) is 11.0. The van der Waals surface area contributed by atoms with Gasteiger partial charge in [0.15, 0.2) is 0 Å². The lowest BCUT2D eigenvalue weighted by atomic mass is 9.73. The first-order valence-electron chi connectivity index (χ1n) is 8.30. The van der Waals surface area contributed by atoms with Crippen molar-refractivity contribution in [1.82, 2.24) is 0 Å². The molecule has 5 atom stereocenters. The summed E-state index contributed by atoms with van der Waals surface area (Å²) in [5.74, 6) is 4.90. The fourth-order valence-corrected chi connectivity index (χ4v) is 3.29. The SMILES string of the molecule is CCCCCC(O)C#CC1CC2/C(=N\OCC(=O)O)CC2C1O. The fraction of sp³-hybridized carbons (Fsp3) is 0.765. The third-order valence-corrected chi connectivity index (χ3v) is 4.63. The minimum absolute atomic E-state index is 0.121. The van der Waals surface area contributed by atoms with E-state index in [1.165, 1.54) is 0 Å². The van der Waals surface area contributed by atoms with Crippen molar-refractivity contribution in [1.29, 1.82) is 0 Å². The highest BCUT2D eigenvalue weighted by Crippen LogP contribution is 2.47. The molecule has 2 aliphatic carbocycles. The molecule has 0 bridgehead atoms. The Morgan fingerprint density at radius 3 is 2.96 bits per heavy atom. The molecule has 0 aromatic rings. The molecule has 128 valence electrons. The molecule has 6 heteroatoms. The number of oxime groups is 1. The van der Waals surface area contributed by atoms with Crippen molar-refractivity contribution in [3.05, 3.63) is 0 Å². The summed E-state index contributed by atoms with van der Waals surface area (Å²) >= 11 is 0. The van der Waals surface area contributed by atoms with Crippen molar-refractivity contribution in [2.24, 2.45) is 22.9 Å². The summed E-state index contributed by atoms with van der Waals surface area (Å²) in [6.07, 6.45) is 4.02. The summed E-state index contributed by atoms with van der Waals surface area (Å²) in [4.78, 5) is 15.1. The molecule has 5 unspecified atom stereocenters. The standard InChI is InChI=1S/C17H25NO5/c1-2-3-4-5-12(19)7-6-11-8-13-14(17(11)22)9-15(13)18-23-10-16(20)21/h11-14,17,19,22H,2-5,8-10H2,1H3,(H,20,21)/b18-15-. The Morgan fingerprint density at radius 1 is 1.48 bits per heavy atom. The fourth-order valence-electron chi connectivity index (χ4n) is 3.29. The molecule has 2 aliphatic rings. The second kappa shape index (κ2) is 8.32. The molecule has 0 aromatic carbocycles. The number of aliphatic carboxylic acids is 1. The van der Waals surface area contributed by atoms with Crippen molar-refractivity contribution in [3.8, 4) is 11.8 Å². The predicted octanol–water partition coefficient (Wildman–Crippen LogP) is 1.41. The number of hydrogen-bond acceptors (Lipinski definition) is 5. The maximum absolute atomic E-state index is 10.4. The van der Waals surface area contributed by atoms with Crippen molar-refractivity contribution < 1.29 is 25.0 Å². The molecule has 0 spiro atoms. The smallest absolute Gasteiger partial charge is 0.344 e.